The number of carbonyl (C=O) groups excluding carboxylic acids is 2. The highest BCUT2D eigenvalue weighted by Gasteiger charge is 2.15. The van der Waals surface area contributed by atoms with Gasteiger partial charge < -0.3 is 10.1 Å². The van der Waals surface area contributed by atoms with Crippen LogP contribution in [0.25, 0.3) is 0 Å². The molecular weight excluding hydrogens is 461 g/mol. The Balaban J connectivity index is 1.58. The molecule has 0 aliphatic carbocycles. The van der Waals surface area contributed by atoms with Gasteiger partial charge in [0.25, 0.3) is 0 Å². The smallest absolute Gasteiger partial charge is 0.329 e. The number of nitrogens with zero attached hydrogens (tertiary/aromatic N) is 1. The van der Waals surface area contributed by atoms with Gasteiger partial charge in [-0.25, -0.2) is 5.43 Å². The lowest BCUT2D eigenvalue weighted by Crippen LogP contribution is -2.32. The monoisotopic (exact) mass is 475 g/mol. The molecule has 0 aliphatic heterocycles. The molecule has 3 aromatic carbocycles. The second-order valence-corrected chi connectivity index (χ2v) is 7.51. The summed E-state index contributed by atoms with van der Waals surface area (Å²) in [6.07, 6.45) is 1.38. The first-order valence-electron chi connectivity index (χ1n) is 8.98. The summed E-state index contributed by atoms with van der Waals surface area (Å²) in [7, 11) is 0. The van der Waals surface area contributed by atoms with Crippen molar-refractivity contribution in [2.24, 2.45) is 5.10 Å². The number of ether oxygens (including phenoxy) is 1. The van der Waals surface area contributed by atoms with Gasteiger partial charge in [-0.3, -0.25) is 9.59 Å². The van der Waals surface area contributed by atoms with Gasteiger partial charge in [0.15, 0.2) is 0 Å². The van der Waals surface area contributed by atoms with Crippen molar-refractivity contribution in [3.8, 4) is 5.75 Å². The molecule has 0 saturated heterocycles. The molecule has 31 heavy (non-hydrogen) atoms. The number of nitrogens with one attached hydrogen (secondary N) is 2. The van der Waals surface area contributed by atoms with Crippen molar-refractivity contribution in [3.05, 3.63) is 92.9 Å². The largest absolute Gasteiger partial charge is 0.488 e. The fourth-order valence-corrected chi connectivity index (χ4v) is 2.91. The van der Waals surface area contributed by atoms with Gasteiger partial charge in [-0.15, -0.1) is 0 Å². The van der Waals surface area contributed by atoms with Gasteiger partial charge in [0.1, 0.15) is 12.4 Å². The first-order valence-corrected chi connectivity index (χ1v) is 10.1. The molecule has 9 heteroatoms. The summed E-state index contributed by atoms with van der Waals surface area (Å²) in [5.41, 5.74) is 3.95. The lowest BCUT2D eigenvalue weighted by Gasteiger charge is -2.09. The first-order chi connectivity index (χ1) is 14.9. The predicted molar refractivity (Wildman–Crippen MR) is 123 cm³/mol. The number of para-hydroxylation sites is 1. The van der Waals surface area contributed by atoms with Crippen molar-refractivity contribution >= 4 is 58.5 Å². The van der Waals surface area contributed by atoms with Crippen molar-refractivity contribution < 1.29 is 14.3 Å². The third-order valence-electron chi connectivity index (χ3n) is 3.98. The molecule has 0 fully saturated rings. The standard InChI is InChI=1S/C22H16Cl3N3O3/c23-16-7-5-14(6-8-16)13-31-20-4-2-1-3-15(20)12-26-28-22(30)21(29)27-19-11-17(24)9-10-18(19)25/h1-12H,13H2,(H,27,29)(H,28,30)/b26-12-. The third kappa shape index (κ3) is 6.72. The second kappa shape index (κ2) is 10.8. The molecule has 0 unspecified atom stereocenters. The van der Waals surface area contributed by atoms with E-state index in [1.807, 2.05) is 18.2 Å². The maximum absolute atomic E-state index is 12.0. The van der Waals surface area contributed by atoms with Crippen LogP contribution in [-0.4, -0.2) is 18.0 Å². The summed E-state index contributed by atoms with van der Waals surface area (Å²) in [5, 5.41) is 7.47. The number of hydrazone groups is 1. The van der Waals surface area contributed by atoms with E-state index in [9.17, 15) is 9.59 Å². The highest BCUT2D eigenvalue weighted by Crippen LogP contribution is 2.25. The van der Waals surface area contributed by atoms with Gasteiger partial charge in [-0.2, -0.15) is 5.10 Å². The fourth-order valence-electron chi connectivity index (χ4n) is 2.44. The quantitative estimate of drug-likeness (QED) is 0.287. The molecule has 3 rings (SSSR count). The van der Waals surface area contributed by atoms with Gasteiger partial charge in [0, 0.05) is 15.6 Å². The Morgan fingerprint density at radius 2 is 1.61 bits per heavy atom. The van der Waals surface area contributed by atoms with E-state index < -0.39 is 11.8 Å². The Labute approximate surface area is 193 Å². The highest BCUT2D eigenvalue weighted by atomic mass is 35.5. The molecule has 0 radical (unpaired) electrons. The summed E-state index contributed by atoms with van der Waals surface area (Å²) >= 11 is 17.7. The fraction of sp³-hybridized carbons (Fsp3) is 0.0455. The van der Waals surface area contributed by atoms with Crippen LogP contribution in [0.1, 0.15) is 11.1 Å². The van der Waals surface area contributed by atoms with Gasteiger partial charge in [-0.05, 0) is 48.0 Å². The molecule has 0 aromatic heterocycles. The minimum Gasteiger partial charge on any atom is -0.488 e. The van der Waals surface area contributed by atoms with E-state index in [4.69, 9.17) is 39.5 Å². The van der Waals surface area contributed by atoms with Gasteiger partial charge in [0.2, 0.25) is 0 Å². The molecule has 0 bridgehead atoms. The zero-order valence-electron chi connectivity index (χ0n) is 15.9. The second-order valence-electron chi connectivity index (χ2n) is 6.23. The van der Waals surface area contributed by atoms with E-state index in [0.29, 0.717) is 28.0 Å². The number of anilines is 1. The number of halogens is 3. The maximum Gasteiger partial charge on any atom is 0.329 e. The van der Waals surface area contributed by atoms with Crippen LogP contribution < -0.4 is 15.5 Å². The van der Waals surface area contributed by atoms with Crippen molar-refractivity contribution in [3.63, 3.8) is 0 Å². The molecule has 0 atom stereocenters. The van der Waals surface area contributed by atoms with E-state index in [2.05, 4.69) is 15.8 Å². The van der Waals surface area contributed by atoms with Crippen LogP contribution >= 0.6 is 34.8 Å². The lowest BCUT2D eigenvalue weighted by atomic mass is 10.2. The minimum atomic E-state index is -0.966. The van der Waals surface area contributed by atoms with Crippen LogP contribution in [0.3, 0.4) is 0 Å². The lowest BCUT2D eigenvalue weighted by molar-refractivity contribution is -0.136. The zero-order valence-corrected chi connectivity index (χ0v) is 18.2. The minimum absolute atomic E-state index is 0.222. The average Bonchev–Trinajstić information content (AvgIpc) is 2.76. The predicted octanol–water partition coefficient (Wildman–Crippen LogP) is 5.31. The van der Waals surface area contributed by atoms with Crippen LogP contribution in [0.15, 0.2) is 71.8 Å². The Morgan fingerprint density at radius 3 is 2.39 bits per heavy atom. The average molecular weight is 477 g/mol. The van der Waals surface area contributed by atoms with Crippen LogP contribution in [0, 0.1) is 0 Å². The molecule has 158 valence electrons. The van der Waals surface area contributed by atoms with E-state index in [1.165, 1.54) is 18.3 Å². The number of amides is 2. The van der Waals surface area contributed by atoms with Crippen molar-refractivity contribution in [2.75, 3.05) is 5.32 Å². The molecule has 0 spiro atoms. The van der Waals surface area contributed by atoms with E-state index >= 15 is 0 Å². The number of rotatable bonds is 6. The number of carbonyl (C=O) groups is 2. The Hall–Kier alpha value is -3.06. The number of benzene rings is 3. The molecule has 0 heterocycles. The van der Waals surface area contributed by atoms with Gasteiger partial charge >= 0.3 is 11.8 Å². The molecule has 3 aromatic rings. The molecule has 2 N–H and O–H groups in total. The van der Waals surface area contributed by atoms with Gasteiger partial charge in [-0.1, -0.05) is 59.1 Å². The Bertz CT molecular complexity index is 1120. The molecule has 2 amide bonds. The number of hydrogen-bond donors (Lipinski definition) is 2. The topological polar surface area (TPSA) is 79.8 Å². The maximum atomic E-state index is 12.0. The third-order valence-corrected chi connectivity index (χ3v) is 4.80. The first kappa shape index (κ1) is 22.6. The summed E-state index contributed by atoms with van der Waals surface area (Å²) in [5.74, 6) is -1.34. The van der Waals surface area contributed by atoms with Crippen molar-refractivity contribution in [2.45, 2.75) is 6.61 Å². The normalized spacial score (nSPS) is 10.7. The summed E-state index contributed by atoms with van der Waals surface area (Å²) in [6.45, 7) is 0.331. The molecule has 0 aliphatic rings. The van der Waals surface area contributed by atoms with Crippen LogP contribution in [0.5, 0.6) is 5.75 Å². The zero-order chi connectivity index (χ0) is 22.2. The molecular formula is C22H16Cl3N3O3. The van der Waals surface area contributed by atoms with Crippen molar-refractivity contribution in [1.82, 2.24) is 5.43 Å². The van der Waals surface area contributed by atoms with Gasteiger partial charge in [0.05, 0.1) is 16.9 Å². The SMILES string of the molecule is O=C(N/N=C\c1ccccc1OCc1ccc(Cl)cc1)C(=O)Nc1cc(Cl)ccc1Cl. The summed E-state index contributed by atoms with van der Waals surface area (Å²) in [4.78, 5) is 24.0. The summed E-state index contributed by atoms with van der Waals surface area (Å²) in [6, 6.07) is 19.0. The Morgan fingerprint density at radius 1 is 0.903 bits per heavy atom. The highest BCUT2D eigenvalue weighted by molar-refractivity contribution is 6.42. The van der Waals surface area contributed by atoms with E-state index in [-0.39, 0.29) is 10.7 Å². The van der Waals surface area contributed by atoms with E-state index in [0.717, 1.165) is 5.56 Å². The van der Waals surface area contributed by atoms with Crippen molar-refractivity contribution in [1.29, 1.82) is 0 Å². The van der Waals surface area contributed by atoms with Crippen LogP contribution in [0.2, 0.25) is 15.1 Å². The summed E-state index contributed by atoms with van der Waals surface area (Å²) < 4.78 is 5.82. The molecule has 0 saturated carbocycles. The number of hydrogen-bond acceptors (Lipinski definition) is 4. The molecule has 6 nitrogen and oxygen atoms in total. The van der Waals surface area contributed by atoms with Crippen LogP contribution in [-0.2, 0) is 16.2 Å². The van der Waals surface area contributed by atoms with E-state index in [1.54, 1.807) is 36.4 Å². The van der Waals surface area contributed by atoms with Crippen LogP contribution in [0.4, 0.5) is 5.69 Å². The Kier molecular flexibility index (Phi) is 7.89.